The molecule has 0 aliphatic heterocycles. The first-order valence-corrected chi connectivity index (χ1v) is 5.05. The van der Waals surface area contributed by atoms with Crippen LogP contribution in [0.3, 0.4) is 0 Å². The van der Waals surface area contributed by atoms with Crippen LogP contribution >= 0.6 is 0 Å². The van der Waals surface area contributed by atoms with E-state index in [1.54, 1.807) is 0 Å². The molecule has 0 radical (unpaired) electrons. The molecule has 0 amide bonds. The van der Waals surface area contributed by atoms with E-state index in [0.29, 0.717) is 6.42 Å². The number of rotatable bonds is 5. The Morgan fingerprint density at radius 3 is 2.36 bits per heavy atom. The third kappa shape index (κ3) is 3.13. The molecule has 78 valence electrons. The summed E-state index contributed by atoms with van der Waals surface area (Å²) in [6.45, 7) is 2.02. The standard InChI is InChI=1S/C12H18O2/c1-12(14,9-5-6-10-13)11-7-3-2-4-8-11/h2-4,7-8,13-14H,5-6,9-10H2,1H3/t12-/m1/s1. The van der Waals surface area contributed by atoms with Crippen LogP contribution in [-0.4, -0.2) is 16.8 Å². The Morgan fingerprint density at radius 2 is 1.79 bits per heavy atom. The molecular formula is C12H18O2. The van der Waals surface area contributed by atoms with Gasteiger partial charge in [-0.2, -0.15) is 0 Å². The molecule has 1 aromatic rings. The van der Waals surface area contributed by atoms with Crippen molar-refractivity contribution in [2.75, 3.05) is 6.61 Å². The van der Waals surface area contributed by atoms with Gasteiger partial charge in [-0.25, -0.2) is 0 Å². The molecule has 2 N–H and O–H groups in total. The fraction of sp³-hybridized carbons (Fsp3) is 0.500. The lowest BCUT2D eigenvalue weighted by Gasteiger charge is -2.23. The second kappa shape index (κ2) is 5.13. The Labute approximate surface area is 85.2 Å². The highest BCUT2D eigenvalue weighted by Crippen LogP contribution is 2.25. The minimum atomic E-state index is -0.767. The zero-order valence-corrected chi connectivity index (χ0v) is 8.61. The zero-order chi connectivity index (χ0) is 10.4. The summed E-state index contributed by atoms with van der Waals surface area (Å²) in [6, 6.07) is 9.65. The van der Waals surface area contributed by atoms with Crippen LogP contribution in [0.15, 0.2) is 30.3 Å². The van der Waals surface area contributed by atoms with Crippen molar-refractivity contribution < 1.29 is 10.2 Å². The molecule has 0 fully saturated rings. The summed E-state index contributed by atoms with van der Waals surface area (Å²) in [5.41, 5.74) is 0.175. The average Bonchev–Trinajstić information content (AvgIpc) is 2.19. The van der Waals surface area contributed by atoms with Crippen molar-refractivity contribution in [1.82, 2.24) is 0 Å². The molecule has 1 atom stereocenters. The minimum Gasteiger partial charge on any atom is -0.396 e. The van der Waals surface area contributed by atoms with Gasteiger partial charge in [-0.15, -0.1) is 0 Å². The van der Waals surface area contributed by atoms with Gasteiger partial charge in [0, 0.05) is 6.61 Å². The molecule has 0 saturated heterocycles. The van der Waals surface area contributed by atoms with Crippen molar-refractivity contribution in [2.24, 2.45) is 0 Å². The van der Waals surface area contributed by atoms with Crippen molar-refractivity contribution in [3.8, 4) is 0 Å². The summed E-state index contributed by atoms with van der Waals surface area (Å²) >= 11 is 0. The van der Waals surface area contributed by atoms with Gasteiger partial charge < -0.3 is 10.2 Å². The van der Waals surface area contributed by atoms with E-state index in [4.69, 9.17) is 5.11 Å². The second-order valence-electron chi connectivity index (χ2n) is 3.82. The van der Waals surface area contributed by atoms with Crippen molar-refractivity contribution in [1.29, 1.82) is 0 Å². The third-order valence-corrected chi connectivity index (χ3v) is 2.47. The van der Waals surface area contributed by atoms with E-state index in [0.717, 1.165) is 18.4 Å². The van der Waals surface area contributed by atoms with E-state index >= 15 is 0 Å². The number of hydrogen-bond acceptors (Lipinski definition) is 2. The lowest BCUT2D eigenvalue weighted by molar-refractivity contribution is 0.0437. The summed E-state index contributed by atoms with van der Waals surface area (Å²) < 4.78 is 0. The van der Waals surface area contributed by atoms with E-state index in [1.165, 1.54) is 0 Å². The normalized spacial score (nSPS) is 15.1. The Kier molecular flexibility index (Phi) is 4.11. The molecule has 0 aliphatic rings. The highest BCUT2D eigenvalue weighted by molar-refractivity contribution is 5.21. The van der Waals surface area contributed by atoms with Crippen molar-refractivity contribution >= 4 is 0 Å². The molecule has 0 saturated carbocycles. The maximum atomic E-state index is 10.1. The molecule has 0 heterocycles. The van der Waals surface area contributed by atoms with Gasteiger partial charge in [0.25, 0.3) is 0 Å². The van der Waals surface area contributed by atoms with Crippen LogP contribution in [0.4, 0.5) is 0 Å². The maximum Gasteiger partial charge on any atom is 0.0868 e. The van der Waals surface area contributed by atoms with Gasteiger partial charge >= 0.3 is 0 Å². The second-order valence-corrected chi connectivity index (χ2v) is 3.82. The van der Waals surface area contributed by atoms with Gasteiger partial charge in [0.05, 0.1) is 5.60 Å². The van der Waals surface area contributed by atoms with Gasteiger partial charge in [0.1, 0.15) is 0 Å². The molecule has 2 nitrogen and oxygen atoms in total. The van der Waals surface area contributed by atoms with Crippen LogP contribution in [0, 0.1) is 0 Å². The Bertz CT molecular complexity index is 254. The summed E-state index contributed by atoms with van der Waals surface area (Å²) in [6.07, 6.45) is 2.29. The number of benzene rings is 1. The number of unbranched alkanes of at least 4 members (excludes halogenated alkanes) is 1. The van der Waals surface area contributed by atoms with Crippen LogP contribution < -0.4 is 0 Å². The summed E-state index contributed by atoms with van der Waals surface area (Å²) in [4.78, 5) is 0. The molecule has 0 unspecified atom stereocenters. The highest BCUT2D eigenvalue weighted by Gasteiger charge is 2.21. The SMILES string of the molecule is C[C@@](O)(CCCCO)c1ccccc1. The highest BCUT2D eigenvalue weighted by atomic mass is 16.3. The zero-order valence-electron chi connectivity index (χ0n) is 8.61. The number of aliphatic hydroxyl groups excluding tert-OH is 1. The molecule has 0 spiro atoms. The van der Waals surface area contributed by atoms with Gasteiger partial charge in [0.2, 0.25) is 0 Å². The topological polar surface area (TPSA) is 40.5 Å². The number of aliphatic hydroxyl groups is 2. The first kappa shape index (κ1) is 11.2. The van der Waals surface area contributed by atoms with Crippen molar-refractivity contribution in [2.45, 2.75) is 31.8 Å². The van der Waals surface area contributed by atoms with Gasteiger partial charge in [-0.05, 0) is 31.7 Å². The predicted octanol–water partition coefficient (Wildman–Crippen LogP) is 2.06. The first-order chi connectivity index (χ1) is 6.67. The van der Waals surface area contributed by atoms with E-state index in [2.05, 4.69) is 0 Å². The summed E-state index contributed by atoms with van der Waals surface area (Å²) in [5.74, 6) is 0. The van der Waals surface area contributed by atoms with Crippen LogP contribution in [0.25, 0.3) is 0 Å². The summed E-state index contributed by atoms with van der Waals surface area (Å²) in [7, 11) is 0. The van der Waals surface area contributed by atoms with Crippen molar-refractivity contribution in [3.05, 3.63) is 35.9 Å². The predicted molar refractivity (Wildman–Crippen MR) is 56.9 cm³/mol. The maximum absolute atomic E-state index is 10.1. The Morgan fingerprint density at radius 1 is 1.14 bits per heavy atom. The molecule has 1 rings (SSSR count). The smallest absolute Gasteiger partial charge is 0.0868 e. The van der Waals surface area contributed by atoms with Gasteiger partial charge in [0.15, 0.2) is 0 Å². The van der Waals surface area contributed by atoms with E-state index in [1.807, 2.05) is 37.3 Å². The van der Waals surface area contributed by atoms with Crippen LogP contribution in [-0.2, 0) is 5.60 Å². The van der Waals surface area contributed by atoms with Gasteiger partial charge in [-0.3, -0.25) is 0 Å². The third-order valence-electron chi connectivity index (χ3n) is 2.47. The largest absolute Gasteiger partial charge is 0.396 e. The van der Waals surface area contributed by atoms with E-state index < -0.39 is 5.60 Å². The Hall–Kier alpha value is -0.860. The molecule has 2 heteroatoms. The van der Waals surface area contributed by atoms with Crippen LogP contribution in [0.5, 0.6) is 0 Å². The quantitative estimate of drug-likeness (QED) is 0.704. The summed E-state index contributed by atoms with van der Waals surface area (Å²) in [5, 5.41) is 18.8. The first-order valence-electron chi connectivity index (χ1n) is 5.05. The van der Waals surface area contributed by atoms with Crippen LogP contribution in [0.1, 0.15) is 31.7 Å². The fourth-order valence-electron chi connectivity index (χ4n) is 1.52. The average molecular weight is 194 g/mol. The molecule has 1 aromatic carbocycles. The number of hydrogen-bond donors (Lipinski definition) is 2. The monoisotopic (exact) mass is 194 g/mol. The fourth-order valence-corrected chi connectivity index (χ4v) is 1.52. The lowest BCUT2D eigenvalue weighted by atomic mass is 9.91. The van der Waals surface area contributed by atoms with Crippen LogP contribution in [0.2, 0.25) is 0 Å². The Balaban J connectivity index is 2.56. The van der Waals surface area contributed by atoms with Crippen molar-refractivity contribution in [3.63, 3.8) is 0 Å². The molecule has 0 aliphatic carbocycles. The molecule has 0 aromatic heterocycles. The molecule has 14 heavy (non-hydrogen) atoms. The lowest BCUT2D eigenvalue weighted by Crippen LogP contribution is -2.20. The van der Waals surface area contributed by atoms with E-state index in [9.17, 15) is 5.11 Å². The van der Waals surface area contributed by atoms with E-state index in [-0.39, 0.29) is 6.61 Å². The molecular weight excluding hydrogens is 176 g/mol. The van der Waals surface area contributed by atoms with Gasteiger partial charge in [-0.1, -0.05) is 30.3 Å². The molecule has 0 bridgehead atoms. The minimum absolute atomic E-state index is 0.199.